The van der Waals surface area contributed by atoms with Crippen LogP contribution in [0.4, 0.5) is 0 Å². The zero-order chi connectivity index (χ0) is 13.1. The van der Waals surface area contributed by atoms with Gasteiger partial charge in [-0.3, -0.25) is 0 Å². The maximum atomic E-state index is 11.2. The van der Waals surface area contributed by atoms with Crippen molar-refractivity contribution in [3.63, 3.8) is 0 Å². The second-order valence-corrected chi connectivity index (χ2v) is 4.30. The number of nitrogens with one attached hydrogen (secondary N) is 1. The third-order valence-electron chi connectivity index (χ3n) is 2.43. The molecule has 0 amide bonds. The lowest BCUT2D eigenvalue weighted by molar-refractivity contribution is 0.0691. The van der Waals surface area contributed by atoms with Crippen LogP contribution in [0.15, 0.2) is 29.4 Å². The highest BCUT2D eigenvalue weighted by Gasteiger charge is 2.17. The molecule has 2 N–H and O–H groups in total. The SMILES string of the molecule is COc1cccc(-c2nc(SC)[nH]c2C(=O)O)c1. The number of thioether (sulfide) groups is 1. The molecular weight excluding hydrogens is 252 g/mol. The van der Waals surface area contributed by atoms with E-state index in [2.05, 4.69) is 9.97 Å². The number of hydrogen-bond acceptors (Lipinski definition) is 4. The van der Waals surface area contributed by atoms with Crippen LogP contribution in [0.3, 0.4) is 0 Å². The smallest absolute Gasteiger partial charge is 0.354 e. The molecule has 2 aromatic rings. The molecule has 18 heavy (non-hydrogen) atoms. The summed E-state index contributed by atoms with van der Waals surface area (Å²) in [5.41, 5.74) is 1.22. The van der Waals surface area contributed by atoms with Crippen molar-refractivity contribution in [1.29, 1.82) is 0 Å². The number of carboxylic acid groups (broad SMARTS) is 1. The van der Waals surface area contributed by atoms with Gasteiger partial charge in [-0.1, -0.05) is 23.9 Å². The van der Waals surface area contributed by atoms with Crippen molar-refractivity contribution in [1.82, 2.24) is 9.97 Å². The average molecular weight is 264 g/mol. The minimum atomic E-state index is -1.03. The Labute approximate surface area is 108 Å². The molecule has 2 rings (SSSR count). The minimum Gasteiger partial charge on any atom is -0.497 e. The van der Waals surface area contributed by atoms with Gasteiger partial charge in [0.1, 0.15) is 11.4 Å². The Bertz CT molecular complexity index is 580. The highest BCUT2D eigenvalue weighted by molar-refractivity contribution is 7.98. The first-order valence-electron chi connectivity index (χ1n) is 5.17. The van der Waals surface area contributed by atoms with Gasteiger partial charge >= 0.3 is 5.97 Å². The quantitative estimate of drug-likeness (QED) is 0.830. The van der Waals surface area contributed by atoms with Crippen molar-refractivity contribution in [2.24, 2.45) is 0 Å². The van der Waals surface area contributed by atoms with Crippen molar-refractivity contribution in [2.45, 2.75) is 5.16 Å². The molecule has 94 valence electrons. The van der Waals surface area contributed by atoms with Gasteiger partial charge in [0, 0.05) is 5.56 Å². The Morgan fingerprint density at radius 1 is 1.50 bits per heavy atom. The van der Waals surface area contributed by atoms with Crippen molar-refractivity contribution in [3.05, 3.63) is 30.0 Å². The van der Waals surface area contributed by atoms with E-state index in [1.165, 1.54) is 11.8 Å². The van der Waals surface area contributed by atoms with E-state index in [-0.39, 0.29) is 5.69 Å². The van der Waals surface area contributed by atoms with Crippen LogP contribution in [0.25, 0.3) is 11.3 Å². The molecule has 0 atom stereocenters. The first-order chi connectivity index (χ1) is 8.65. The lowest BCUT2D eigenvalue weighted by Gasteiger charge is -2.02. The van der Waals surface area contributed by atoms with Crippen LogP contribution in [0, 0.1) is 0 Å². The summed E-state index contributed by atoms with van der Waals surface area (Å²) in [4.78, 5) is 18.2. The minimum absolute atomic E-state index is 0.0904. The van der Waals surface area contributed by atoms with Gasteiger partial charge in [-0.15, -0.1) is 0 Å². The molecule has 6 heteroatoms. The first-order valence-corrected chi connectivity index (χ1v) is 6.40. The summed E-state index contributed by atoms with van der Waals surface area (Å²) in [5.74, 6) is -0.363. The van der Waals surface area contributed by atoms with Gasteiger partial charge < -0.3 is 14.8 Å². The molecule has 0 fully saturated rings. The maximum Gasteiger partial charge on any atom is 0.354 e. The monoisotopic (exact) mass is 264 g/mol. The lowest BCUT2D eigenvalue weighted by atomic mass is 10.1. The topological polar surface area (TPSA) is 75.2 Å². The second kappa shape index (κ2) is 5.14. The van der Waals surface area contributed by atoms with Crippen LogP contribution in [0.2, 0.25) is 0 Å². The number of aromatic carboxylic acids is 1. The molecule has 0 aliphatic carbocycles. The molecule has 1 aromatic heterocycles. The molecule has 0 unspecified atom stereocenters. The zero-order valence-electron chi connectivity index (χ0n) is 9.93. The molecular formula is C12H12N2O3S. The Kier molecular flexibility index (Phi) is 3.57. The first kappa shape index (κ1) is 12.5. The van der Waals surface area contributed by atoms with Crippen LogP contribution >= 0.6 is 11.8 Å². The molecule has 1 heterocycles. The van der Waals surface area contributed by atoms with Crippen molar-refractivity contribution in [2.75, 3.05) is 13.4 Å². The van der Waals surface area contributed by atoms with E-state index >= 15 is 0 Å². The van der Waals surface area contributed by atoms with Gasteiger partial charge in [0.05, 0.1) is 7.11 Å². The van der Waals surface area contributed by atoms with E-state index in [1.807, 2.05) is 6.26 Å². The summed E-state index contributed by atoms with van der Waals surface area (Å²) in [7, 11) is 1.56. The number of ether oxygens (including phenoxy) is 1. The molecule has 0 spiro atoms. The van der Waals surface area contributed by atoms with Gasteiger partial charge in [-0.25, -0.2) is 9.78 Å². The summed E-state index contributed by atoms with van der Waals surface area (Å²) in [6, 6.07) is 7.15. The number of aromatic nitrogens is 2. The van der Waals surface area contributed by atoms with Crippen LogP contribution in [-0.2, 0) is 0 Å². The summed E-state index contributed by atoms with van der Waals surface area (Å²) < 4.78 is 5.12. The second-order valence-electron chi connectivity index (χ2n) is 3.51. The molecule has 0 saturated carbocycles. The Morgan fingerprint density at radius 3 is 2.89 bits per heavy atom. The third kappa shape index (κ3) is 2.33. The van der Waals surface area contributed by atoms with Gasteiger partial charge in [-0.2, -0.15) is 0 Å². The van der Waals surface area contributed by atoms with Crippen LogP contribution in [-0.4, -0.2) is 34.4 Å². The van der Waals surface area contributed by atoms with Crippen LogP contribution in [0.1, 0.15) is 10.5 Å². The molecule has 5 nitrogen and oxygen atoms in total. The number of carbonyl (C=O) groups is 1. The van der Waals surface area contributed by atoms with Gasteiger partial charge in [-0.05, 0) is 18.4 Å². The van der Waals surface area contributed by atoms with Crippen molar-refractivity contribution < 1.29 is 14.6 Å². The van der Waals surface area contributed by atoms with Crippen LogP contribution < -0.4 is 4.74 Å². The molecule has 0 radical (unpaired) electrons. The average Bonchev–Trinajstić information content (AvgIpc) is 2.83. The number of nitrogens with zero attached hydrogens (tertiary/aromatic N) is 1. The normalized spacial score (nSPS) is 10.3. The molecule has 0 aliphatic heterocycles. The summed E-state index contributed by atoms with van der Waals surface area (Å²) >= 11 is 1.36. The fourth-order valence-corrected chi connectivity index (χ4v) is 1.97. The number of H-pyrrole nitrogens is 1. The molecule has 0 saturated heterocycles. The number of rotatable bonds is 4. The summed E-state index contributed by atoms with van der Waals surface area (Å²) in [6.45, 7) is 0. The number of carboxylic acids is 1. The Morgan fingerprint density at radius 2 is 2.28 bits per heavy atom. The molecule has 1 aromatic carbocycles. The number of benzene rings is 1. The number of imidazole rings is 1. The van der Waals surface area contributed by atoms with E-state index in [4.69, 9.17) is 9.84 Å². The predicted octanol–water partition coefficient (Wildman–Crippen LogP) is 2.51. The van der Waals surface area contributed by atoms with Gasteiger partial charge in [0.25, 0.3) is 0 Å². The standard InChI is InChI=1S/C12H12N2O3S/c1-17-8-5-3-4-7(6-8)9-10(11(15)16)14-12(13-9)18-2/h3-6H,1-2H3,(H,13,14)(H,15,16). The van der Waals surface area contributed by atoms with E-state index in [1.54, 1.807) is 31.4 Å². The van der Waals surface area contributed by atoms with Crippen molar-refractivity contribution >= 4 is 17.7 Å². The molecule has 0 aliphatic rings. The van der Waals surface area contributed by atoms with E-state index in [0.29, 0.717) is 22.2 Å². The Hall–Kier alpha value is -1.95. The predicted molar refractivity (Wildman–Crippen MR) is 69.3 cm³/mol. The van der Waals surface area contributed by atoms with Crippen molar-refractivity contribution in [3.8, 4) is 17.0 Å². The van der Waals surface area contributed by atoms with Gasteiger partial charge in [0.2, 0.25) is 0 Å². The highest BCUT2D eigenvalue weighted by atomic mass is 32.2. The van der Waals surface area contributed by atoms with Crippen LogP contribution in [0.5, 0.6) is 5.75 Å². The van der Waals surface area contributed by atoms with E-state index in [0.717, 1.165) is 0 Å². The number of aromatic amines is 1. The maximum absolute atomic E-state index is 11.2. The largest absolute Gasteiger partial charge is 0.497 e. The fraction of sp³-hybridized carbons (Fsp3) is 0.167. The number of methoxy groups -OCH3 is 1. The molecule has 0 bridgehead atoms. The summed E-state index contributed by atoms with van der Waals surface area (Å²) in [5, 5.41) is 9.72. The van der Waals surface area contributed by atoms with Gasteiger partial charge in [0.15, 0.2) is 10.9 Å². The zero-order valence-corrected chi connectivity index (χ0v) is 10.7. The highest BCUT2D eigenvalue weighted by Crippen LogP contribution is 2.27. The van der Waals surface area contributed by atoms with E-state index in [9.17, 15) is 4.79 Å². The fourth-order valence-electron chi connectivity index (χ4n) is 1.58. The van der Waals surface area contributed by atoms with E-state index < -0.39 is 5.97 Å². The Balaban J connectivity index is 2.54. The lowest BCUT2D eigenvalue weighted by Crippen LogP contribution is -1.99. The number of hydrogen-bond donors (Lipinski definition) is 2. The third-order valence-corrected chi connectivity index (χ3v) is 3.01. The summed E-state index contributed by atoms with van der Waals surface area (Å²) in [6.07, 6.45) is 1.83.